The van der Waals surface area contributed by atoms with Crippen LogP contribution in [-0.2, 0) is 11.2 Å². The summed E-state index contributed by atoms with van der Waals surface area (Å²) in [7, 11) is 1.77. The van der Waals surface area contributed by atoms with Crippen LogP contribution in [0.15, 0.2) is 24.3 Å². The number of ether oxygens (including phenoxy) is 1. The third-order valence-electron chi connectivity index (χ3n) is 3.47. The number of likely N-dealkylation sites (N-methyl/N-ethyl adjacent to an activating group) is 1. The summed E-state index contributed by atoms with van der Waals surface area (Å²) in [6.45, 7) is 8.50. The van der Waals surface area contributed by atoms with Crippen molar-refractivity contribution in [1.29, 1.82) is 0 Å². The predicted octanol–water partition coefficient (Wildman–Crippen LogP) is 3.19. The van der Waals surface area contributed by atoms with Gasteiger partial charge in [-0.3, -0.25) is 0 Å². The van der Waals surface area contributed by atoms with E-state index in [-0.39, 0.29) is 0 Å². The number of benzene rings is 1. The van der Waals surface area contributed by atoms with Gasteiger partial charge < -0.3 is 10.1 Å². The van der Waals surface area contributed by atoms with Crippen LogP contribution in [-0.4, -0.2) is 26.3 Å². The molecule has 102 valence electrons. The van der Waals surface area contributed by atoms with Crippen LogP contribution in [0.5, 0.6) is 0 Å². The van der Waals surface area contributed by atoms with Crippen LogP contribution in [0.2, 0.25) is 0 Å². The van der Waals surface area contributed by atoms with Gasteiger partial charge in [-0.2, -0.15) is 0 Å². The number of nitrogens with one attached hydrogen (secondary N) is 1. The van der Waals surface area contributed by atoms with Crippen LogP contribution in [0.1, 0.15) is 31.4 Å². The molecule has 2 nitrogen and oxygen atoms in total. The summed E-state index contributed by atoms with van der Waals surface area (Å²) in [5, 5.41) is 3.60. The molecule has 0 aliphatic carbocycles. The lowest BCUT2D eigenvalue weighted by molar-refractivity contribution is 0.170. The molecule has 0 aliphatic rings. The van der Waals surface area contributed by atoms with E-state index in [0.717, 1.165) is 26.0 Å². The van der Waals surface area contributed by atoms with Crippen LogP contribution in [0.3, 0.4) is 0 Å². The first-order valence-corrected chi connectivity index (χ1v) is 6.95. The second-order valence-corrected chi connectivity index (χ2v) is 5.12. The zero-order chi connectivity index (χ0) is 13.4. The van der Waals surface area contributed by atoms with Crippen molar-refractivity contribution >= 4 is 0 Å². The maximum atomic E-state index is 5.18. The van der Waals surface area contributed by atoms with E-state index in [4.69, 9.17) is 4.74 Å². The van der Waals surface area contributed by atoms with Gasteiger partial charge in [0.05, 0.1) is 0 Å². The largest absolute Gasteiger partial charge is 0.385 e. The monoisotopic (exact) mass is 249 g/mol. The Morgan fingerprint density at radius 3 is 2.72 bits per heavy atom. The predicted molar refractivity (Wildman–Crippen MR) is 78.0 cm³/mol. The molecule has 2 atom stereocenters. The Hall–Kier alpha value is -0.860. The van der Waals surface area contributed by atoms with Gasteiger partial charge in [0.1, 0.15) is 0 Å². The minimum Gasteiger partial charge on any atom is -0.385 e. The Bertz CT molecular complexity index is 338. The van der Waals surface area contributed by atoms with E-state index in [2.05, 4.69) is 50.4 Å². The molecule has 1 rings (SSSR count). The summed E-state index contributed by atoms with van der Waals surface area (Å²) >= 11 is 0. The third-order valence-corrected chi connectivity index (χ3v) is 3.47. The highest BCUT2D eigenvalue weighted by molar-refractivity contribution is 5.23. The fraction of sp³-hybridized carbons (Fsp3) is 0.625. The topological polar surface area (TPSA) is 21.3 Å². The van der Waals surface area contributed by atoms with E-state index in [9.17, 15) is 0 Å². The molecule has 0 aromatic heterocycles. The van der Waals surface area contributed by atoms with Gasteiger partial charge in [0, 0.05) is 19.8 Å². The van der Waals surface area contributed by atoms with Crippen molar-refractivity contribution in [2.75, 3.05) is 20.3 Å². The Labute approximate surface area is 112 Å². The van der Waals surface area contributed by atoms with Gasteiger partial charge in [-0.15, -0.1) is 0 Å². The molecule has 1 N–H and O–H groups in total. The lowest BCUT2D eigenvalue weighted by Gasteiger charge is -2.25. The molecular weight excluding hydrogens is 222 g/mol. The minimum atomic E-state index is 0.534. The fourth-order valence-electron chi connectivity index (χ4n) is 2.33. The molecule has 0 saturated heterocycles. The second-order valence-electron chi connectivity index (χ2n) is 5.12. The van der Waals surface area contributed by atoms with E-state index in [1.54, 1.807) is 7.11 Å². The molecule has 0 radical (unpaired) electrons. The van der Waals surface area contributed by atoms with E-state index >= 15 is 0 Å². The van der Waals surface area contributed by atoms with Crippen LogP contribution < -0.4 is 5.32 Å². The number of hydrogen-bond acceptors (Lipinski definition) is 2. The fourth-order valence-corrected chi connectivity index (χ4v) is 2.33. The van der Waals surface area contributed by atoms with E-state index in [1.165, 1.54) is 11.1 Å². The molecule has 18 heavy (non-hydrogen) atoms. The van der Waals surface area contributed by atoms with Gasteiger partial charge >= 0.3 is 0 Å². The summed E-state index contributed by atoms with van der Waals surface area (Å²) < 4.78 is 5.18. The smallest absolute Gasteiger partial charge is 0.0465 e. The van der Waals surface area contributed by atoms with Gasteiger partial charge in [0.2, 0.25) is 0 Å². The van der Waals surface area contributed by atoms with Crippen LogP contribution >= 0.6 is 0 Å². The molecule has 0 heterocycles. The molecule has 1 aromatic carbocycles. The molecule has 0 amide bonds. The van der Waals surface area contributed by atoms with Crippen LogP contribution in [0, 0.1) is 12.8 Å². The number of aryl methyl sites for hydroxylation is 1. The van der Waals surface area contributed by atoms with Crippen molar-refractivity contribution in [3.05, 3.63) is 35.4 Å². The minimum absolute atomic E-state index is 0.534. The normalized spacial score (nSPS) is 14.4. The zero-order valence-corrected chi connectivity index (χ0v) is 12.2. The molecule has 0 bridgehead atoms. The van der Waals surface area contributed by atoms with E-state index in [1.807, 2.05) is 0 Å². The van der Waals surface area contributed by atoms with E-state index in [0.29, 0.717) is 12.0 Å². The molecule has 0 aliphatic heterocycles. The number of hydrogen-bond donors (Lipinski definition) is 1. The molecule has 0 saturated carbocycles. The lowest BCUT2D eigenvalue weighted by Crippen LogP contribution is -2.37. The molecule has 2 unspecified atom stereocenters. The lowest BCUT2D eigenvalue weighted by atomic mass is 9.92. The van der Waals surface area contributed by atoms with Crippen molar-refractivity contribution in [3.8, 4) is 0 Å². The standard InChI is InChI=1S/C16H27NO/c1-5-17-16(14(3)9-10-18-4)12-15-8-6-7-13(2)11-15/h6-8,11,14,16-17H,5,9-10,12H2,1-4H3. The summed E-state index contributed by atoms with van der Waals surface area (Å²) in [5.74, 6) is 0.630. The van der Waals surface area contributed by atoms with Gasteiger partial charge in [-0.05, 0) is 37.8 Å². The highest BCUT2D eigenvalue weighted by atomic mass is 16.5. The van der Waals surface area contributed by atoms with Crippen molar-refractivity contribution < 1.29 is 4.74 Å². The Balaban J connectivity index is 2.61. The zero-order valence-electron chi connectivity index (χ0n) is 12.2. The summed E-state index contributed by atoms with van der Waals surface area (Å²) in [4.78, 5) is 0. The molecule has 1 aromatic rings. The summed E-state index contributed by atoms with van der Waals surface area (Å²) in [6, 6.07) is 9.34. The van der Waals surface area contributed by atoms with Gasteiger partial charge in [0.25, 0.3) is 0 Å². The average molecular weight is 249 g/mol. The first-order valence-electron chi connectivity index (χ1n) is 6.95. The second kappa shape index (κ2) is 8.28. The van der Waals surface area contributed by atoms with Crippen molar-refractivity contribution in [2.24, 2.45) is 5.92 Å². The number of methoxy groups -OCH3 is 1. The van der Waals surface area contributed by atoms with Crippen molar-refractivity contribution in [2.45, 2.75) is 39.7 Å². The summed E-state index contributed by atoms with van der Waals surface area (Å²) in [5.41, 5.74) is 2.76. The molecule has 0 fully saturated rings. The quantitative estimate of drug-likeness (QED) is 0.764. The van der Waals surface area contributed by atoms with Crippen molar-refractivity contribution in [3.63, 3.8) is 0 Å². The Kier molecular flexibility index (Phi) is 6.99. The first-order chi connectivity index (χ1) is 8.67. The first kappa shape index (κ1) is 15.2. The maximum absolute atomic E-state index is 5.18. The molecular formula is C16H27NO. The van der Waals surface area contributed by atoms with Gasteiger partial charge in [0.15, 0.2) is 0 Å². The van der Waals surface area contributed by atoms with Gasteiger partial charge in [-0.1, -0.05) is 43.7 Å². The number of rotatable bonds is 8. The highest BCUT2D eigenvalue weighted by Gasteiger charge is 2.16. The van der Waals surface area contributed by atoms with Crippen LogP contribution in [0.4, 0.5) is 0 Å². The highest BCUT2D eigenvalue weighted by Crippen LogP contribution is 2.15. The molecule has 0 spiro atoms. The molecule has 2 heteroatoms. The third kappa shape index (κ3) is 5.19. The SMILES string of the molecule is CCNC(Cc1cccc(C)c1)C(C)CCOC. The average Bonchev–Trinajstić information content (AvgIpc) is 2.35. The van der Waals surface area contributed by atoms with Crippen LogP contribution in [0.25, 0.3) is 0 Å². The Morgan fingerprint density at radius 1 is 1.33 bits per heavy atom. The van der Waals surface area contributed by atoms with Crippen molar-refractivity contribution in [1.82, 2.24) is 5.32 Å². The maximum Gasteiger partial charge on any atom is 0.0465 e. The summed E-state index contributed by atoms with van der Waals surface area (Å²) in [6.07, 6.45) is 2.21. The van der Waals surface area contributed by atoms with Gasteiger partial charge in [-0.25, -0.2) is 0 Å². The Morgan fingerprint density at radius 2 is 2.11 bits per heavy atom. The van der Waals surface area contributed by atoms with E-state index < -0.39 is 0 Å².